The number of fused-ring (bicyclic) bond motifs is 2. The molecule has 29 heavy (non-hydrogen) atoms. The van der Waals surface area contributed by atoms with Crippen LogP contribution in [0.2, 0.25) is 0 Å². The van der Waals surface area contributed by atoms with Crippen LogP contribution in [0.4, 0.5) is 0 Å². The Morgan fingerprint density at radius 1 is 0.966 bits per heavy atom. The lowest BCUT2D eigenvalue weighted by molar-refractivity contribution is -2.00. The predicted molar refractivity (Wildman–Crippen MR) is 93.0 cm³/mol. The van der Waals surface area contributed by atoms with Gasteiger partial charge in [0.25, 0.3) is 0 Å². The Morgan fingerprint density at radius 2 is 1.66 bits per heavy atom. The lowest BCUT2D eigenvalue weighted by atomic mass is 10.1. The van der Waals surface area contributed by atoms with Crippen molar-refractivity contribution < 1.29 is 47.5 Å². The second kappa shape index (κ2) is 8.81. The summed E-state index contributed by atoms with van der Waals surface area (Å²) in [5.74, 6) is 3.08. The number of halogens is 1. The molecule has 1 aliphatic heterocycles. The summed E-state index contributed by atoms with van der Waals surface area (Å²) in [6.45, 7) is 5.79. The highest BCUT2D eigenvalue weighted by molar-refractivity contribution is 5.86. The molecule has 0 fully saturated rings. The summed E-state index contributed by atoms with van der Waals surface area (Å²) in [6, 6.07) is 13.9. The number of hydrogen-bond donors (Lipinski definition) is 0. The van der Waals surface area contributed by atoms with Gasteiger partial charge in [-0.25, -0.2) is 23.1 Å². The zero-order chi connectivity index (χ0) is 21.0. The number of ether oxygens (including phenoxy) is 3. The van der Waals surface area contributed by atoms with Crippen molar-refractivity contribution in [1.29, 1.82) is 0 Å². The molecule has 2 heterocycles. The van der Waals surface area contributed by atoms with Gasteiger partial charge in [0, 0.05) is 12.1 Å². The molecule has 1 aliphatic rings. The number of rotatable bonds is 3. The van der Waals surface area contributed by atoms with E-state index in [0.29, 0.717) is 19.8 Å². The number of hydrogen-bond acceptors (Lipinski definition) is 7. The minimum atomic E-state index is -4.94. The van der Waals surface area contributed by atoms with Gasteiger partial charge in [-0.15, -0.1) is 10.2 Å². The summed E-state index contributed by atoms with van der Waals surface area (Å²) in [7, 11) is -4.94. The summed E-state index contributed by atoms with van der Waals surface area (Å²) in [6.07, 6.45) is 0. The third-order valence-corrected chi connectivity index (χ3v) is 4.01. The lowest BCUT2D eigenvalue weighted by Gasteiger charge is -2.18. The van der Waals surface area contributed by atoms with Crippen LogP contribution in [0.15, 0.2) is 46.9 Å². The van der Waals surface area contributed by atoms with Gasteiger partial charge in [0.1, 0.15) is 24.3 Å². The highest BCUT2D eigenvalue weighted by Crippen LogP contribution is 2.38. The Balaban J connectivity index is 0.000000431. The van der Waals surface area contributed by atoms with Crippen LogP contribution < -0.4 is 32.8 Å². The van der Waals surface area contributed by atoms with Crippen molar-refractivity contribution >= 4 is 11.0 Å². The largest absolute Gasteiger partial charge is 0.493 e. The van der Waals surface area contributed by atoms with Crippen molar-refractivity contribution in [3.63, 3.8) is 0 Å². The fraction of sp³-hybridized carbons (Fsp3) is 0.250. The van der Waals surface area contributed by atoms with Crippen LogP contribution in [-0.2, 0) is 0 Å². The van der Waals surface area contributed by atoms with Crippen molar-refractivity contribution in [1.82, 2.24) is 0 Å². The van der Waals surface area contributed by atoms with Crippen LogP contribution in [0.3, 0.4) is 0 Å². The maximum Gasteiger partial charge on any atom is 0.364 e. The molecule has 0 atom stereocenters. The predicted octanol–water partition coefficient (Wildman–Crippen LogP) is 0.103. The second-order valence-corrected chi connectivity index (χ2v) is 6.90. The summed E-state index contributed by atoms with van der Waals surface area (Å²) in [4.78, 5) is 0. The summed E-state index contributed by atoms with van der Waals surface area (Å²) in [5, 5.41) is 0.984. The van der Waals surface area contributed by atoms with Gasteiger partial charge >= 0.3 is 11.3 Å². The molecule has 0 aliphatic carbocycles. The molecule has 9 heteroatoms. The van der Waals surface area contributed by atoms with Crippen molar-refractivity contribution in [2.24, 2.45) is 0 Å². The first-order chi connectivity index (χ1) is 13.7. The van der Waals surface area contributed by atoms with Gasteiger partial charge in [0.2, 0.25) is 0 Å². The molecule has 0 unspecified atom stereocenters. The van der Waals surface area contributed by atoms with Crippen molar-refractivity contribution in [3.8, 4) is 28.6 Å². The maximum absolute atomic E-state index is 8.49. The Hall–Kier alpha value is -2.62. The van der Waals surface area contributed by atoms with Gasteiger partial charge in [-0.2, -0.15) is 0 Å². The Kier molecular flexibility index (Phi) is 6.41. The van der Waals surface area contributed by atoms with Gasteiger partial charge in [0.05, 0.1) is 18.2 Å². The van der Waals surface area contributed by atoms with Gasteiger partial charge in [-0.3, -0.25) is 0 Å². The van der Waals surface area contributed by atoms with Crippen molar-refractivity contribution in [2.45, 2.75) is 13.8 Å². The van der Waals surface area contributed by atoms with E-state index in [2.05, 4.69) is 13.0 Å². The first-order valence-corrected chi connectivity index (χ1v) is 10.00. The van der Waals surface area contributed by atoms with Gasteiger partial charge < -0.3 is 14.2 Å². The molecule has 3 aromatic rings. The summed E-state index contributed by atoms with van der Waals surface area (Å²) < 4.78 is 57.2. The fourth-order valence-electron chi connectivity index (χ4n) is 2.88. The molecular weight excluding hydrogens is 404 g/mol. The van der Waals surface area contributed by atoms with Crippen molar-refractivity contribution in [2.75, 3.05) is 19.8 Å². The van der Waals surface area contributed by atoms with E-state index in [1.807, 2.05) is 43.3 Å². The second-order valence-electron chi connectivity index (χ2n) is 6.14. The molecule has 2 aromatic carbocycles. The van der Waals surface area contributed by atoms with Gasteiger partial charge in [0.15, 0.2) is 11.5 Å². The zero-order valence-corrected chi connectivity index (χ0v) is 16.6. The highest BCUT2D eigenvalue weighted by atomic mass is 35.7. The quantitative estimate of drug-likeness (QED) is 0.543. The third-order valence-electron chi connectivity index (χ3n) is 4.01. The third kappa shape index (κ3) is 5.69. The minimum Gasteiger partial charge on any atom is -0.493 e. The van der Waals surface area contributed by atoms with Crippen LogP contribution in [-0.4, -0.2) is 19.8 Å². The van der Waals surface area contributed by atoms with E-state index in [4.69, 9.17) is 37.3 Å². The smallest absolute Gasteiger partial charge is 0.364 e. The molecule has 0 spiro atoms. The average molecular weight is 423 g/mol. The van der Waals surface area contributed by atoms with E-state index >= 15 is 0 Å². The van der Waals surface area contributed by atoms with E-state index in [1.54, 1.807) is 0 Å². The molecular formula is C20H19ClO8. The van der Waals surface area contributed by atoms with E-state index in [9.17, 15) is 0 Å². The average Bonchev–Trinajstić information content (AvgIpc) is 2.67. The van der Waals surface area contributed by atoms with Crippen LogP contribution >= 0.6 is 0 Å². The molecule has 154 valence electrons. The summed E-state index contributed by atoms with van der Waals surface area (Å²) in [5.41, 5.74) is 2.91. The zero-order valence-electron chi connectivity index (χ0n) is 15.8. The minimum absolute atomic E-state index is 0.564. The fourth-order valence-corrected chi connectivity index (χ4v) is 2.88. The van der Waals surface area contributed by atoms with E-state index in [1.165, 1.54) is 5.56 Å². The Labute approximate surface area is 169 Å². The van der Waals surface area contributed by atoms with E-state index < -0.39 is 10.2 Å². The van der Waals surface area contributed by atoms with E-state index in [-0.39, 0.29) is 0 Å². The molecule has 0 amide bonds. The molecule has 0 N–H and O–H groups in total. The molecule has 4 rings (SSSR count). The van der Waals surface area contributed by atoms with Crippen LogP contribution in [0.25, 0.3) is 22.3 Å². The Morgan fingerprint density at radius 3 is 2.34 bits per heavy atom. The molecule has 0 radical (unpaired) electrons. The van der Waals surface area contributed by atoms with Crippen molar-refractivity contribution in [3.05, 3.63) is 48.0 Å². The number of aryl methyl sites for hydroxylation is 1. The van der Waals surface area contributed by atoms with E-state index in [0.717, 1.165) is 39.5 Å². The molecule has 1 aromatic heterocycles. The highest BCUT2D eigenvalue weighted by Gasteiger charge is 2.22. The normalized spacial score (nSPS) is 12.9. The first kappa shape index (κ1) is 21.1. The maximum atomic E-state index is 8.49. The Bertz CT molecular complexity index is 994. The lowest BCUT2D eigenvalue weighted by Crippen LogP contribution is -2.68. The standard InChI is InChI=1S/C20H19O4.ClHO4/c1-3-21-19-12-18(24-16-6-4-13(2)10-15(16)19)14-5-7-17-20(11-14)23-9-8-22-17;2-1(3,4)5/h4-7,10-12H,3,8-9H2,1-2H3;(H,2,3,4,5)/q+1;/p-1. The first-order valence-electron chi connectivity index (χ1n) is 8.76. The van der Waals surface area contributed by atoms with Gasteiger partial charge in [-0.1, -0.05) is 0 Å². The monoisotopic (exact) mass is 422 g/mol. The van der Waals surface area contributed by atoms with Gasteiger partial charge in [-0.05, 0) is 43.7 Å². The summed E-state index contributed by atoms with van der Waals surface area (Å²) >= 11 is 0. The van der Waals surface area contributed by atoms with Crippen LogP contribution in [0, 0.1) is 17.2 Å². The molecule has 0 bridgehead atoms. The number of benzene rings is 2. The molecule has 0 saturated carbocycles. The topological polar surface area (TPSA) is 131 Å². The SMILES string of the molecule is CCOc1cc(-c2ccc3c(c2)OCCO3)[o+]c2ccc(C)cc12.[O-][Cl+3]([O-])([O-])[O-]. The van der Waals surface area contributed by atoms with Crippen LogP contribution in [0.1, 0.15) is 12.5 Å². The van der Waals surface area contributed by atoms with Crippen LogP contribution in [0.5, 0.6) is 17.2 Å². The molecule has 8 nitrogen and oxygen atoms in total. The molecule has 0 saturated heterocycles.